The van der Waals surface area contributed by atoms with Crippen LogP contribution in [0.3, 0.4) is 0 Å². The van der Waals surface area contributed by atoms with Gasteiger partial charge in [-0.15, -0.1) is 0 Å². The standard InChI is InChI=1S/C18H27N3O5.CH4O3S/c1-13(2)8-14(9-16(22)23)10-19-18(25)26-12-21-7-5-6-15(11-21)17(24)20(3)4;1-5(2,3)4/h5-7,11,13-14H,8-10,12H2,1-4H3,(H-,19,22,23,25);1H3,(H,2,3,4)/t14-;/m0./s1. The van der Waals surface area contributed by atoms with E-state index in [0.717, 1.165) is 0 Å². The maximum absolute atomic E-state index is 11.9. The van der Waals surface area contributed by atoms with Crippen molar-refractivity contribution in [3.8, 4) is 0 Å². The molecule has 1 aromatic rings. The van der Waals surface area contributed by atoms with Crippen molar-refractivity contribution in [1.82, 2.24) is 10.2 Å². The molecule has 0 aliphatic carbocycles. The largest absolute Gasteiger partial charge is 0.748 e. The number of nitrogens with one attached hydrogen (secondary N) is 1. The van der Waals surface area contributed by atoms with Crippen LogP contribution in [0.4, 0.5) is 4.79 Å². The minimum atomic E-state index is -3.92. The van der Waals surface area contributed by atoms with Gasteiger partial charge in [0.05, 0.1) is 10.1 Å². The van der Waals surface area contributed by atoms with Gasteiger partial charge < -0.3 is 24.6 Å². The van der Waals surface area contributed by atoms with Crippen LogP contribution < -0.4 is 9.88 Å². The molecule has 1 aromatic heterocycles. The second kappa shape index (κ2) is 13.5. The molecule has 0 spiro atoms. The third kappa shape index (κ3) is 15.7. The highest BCUT2D eigenvalue weighted by Crippen LogP contribution is 2.14. The first kappa shape index (κ1) is 28.3. The van der Waals surface area contributed by atoms with E-state index in [2.05, 4.69) is 5.32 Å². The first-order valence-electron chi connectivity index (χ1n) is 9.43. The van der Waals surface area contributed by atoms with Crippen LogP contribution in [0.15, 0.2) is 24.5 Å². The molecule has 0 aromatic carbocycles. The van der Waals surface area contributed by atoms with E-state index in [1.165, 1.54) is 4.90 Å². The first-order chi connectivity index (χ1) is 14.2. The zero-order chi connectivity index (χ0) is 24.2. The van der Waals surface area contributed by atoms with Gasteiger partial charge in [0.15, 0.2) is 12.4 Å². The average Bonchev–Trinajstić information content (AvgIpc) is 2.61. The normalized spacial score (nSPS) is 11.7. The maximum atomic E-state index is 11.9. The molecule has 12 heteroatoms. The van der Waals surface area contributed by atoms with Gasteiger partial charge in [0, 0.05) is 39.4 Å². The molecule has 0 saturated heterocycles. The Balaban J connectivity index is 0.00000161. The Hall–Kier alpha value is -2.73. The number of rotatable bonds is 9. The predicted octanol–water partition coefficient (Wildman–Crippen LogP) is 0.658. The zero-order valence-corrected chi connectivity index (χ0v) is 19.2. The number of carboxylic acids is 1. The fraction of sp³-hybridized carbons (Fsp3) is 0.579. The highest BCUT2D eigenvalue weighted by molar-refractivity contribution is 7.84. The molecule has 176 valence electrons. The number of carbonyl (C=O) groups excluding carboxylic acids is 2. The highest BCUT2D eigenvalue weighted by atomic mass is 32.2. The van der Waals surface area contributed by atoms with Gasteiger partial charge in [-0.1, -0.05) is 13.8 Å². The quantitative estimate of drug-likeness (QED) is 0.401. The molecule has 1 atom stereocenters. The summed E-state index contributed by atoms with van der Waals surface area (Å²) < 4.78 is 33.9. The van der Waals surface area contributed by atoms with Crippen molar-refractivity contribution >= 4 is 28.1 Å². The van der Waals surface area contributed by atoms with Crippen molar-refractivity contribution in [3.05, 3.63) is 30.1 Å². The first-order valence-corrected chi connectivity index (χ1v) is 11.2. The number of alkyl carbamates (subject to hydrolysis) is 1. The van der Waals surface area contributed by atoms with Crippen LogP contribution >= 0.6 is 0 Å². The van der Waals surface area contributed by atoms with Crippen molar-refractivity contribution in [2.75, 3.05) is 26.9 Å². The van der Waals surface area contributed by atoms with E-state index in [9.17, 15) is 14.4 Å². The van der Waals surface area contributed by atoms with Crippen molar-refractivity contribution in [2.45, 2.75) is 33.4 Å². The van der Waals surface area contributed by atoms with Crippen LogP contribution in [0.2, 0.25) is 0 Å². The molecule has 0 aliphatic heterocycles. The van der Waals surface area contributed by atoms with Gasteiger partial charge in [0.1, 0.15) is 5.56 Å². The molecule has 31 heavy (non-hydrogen) atoms. The zero-order valence-electron chi connectivity index (χ0n) is 18.4. The molecular weight excluding hydrogens is 430 g/mol. The van der Waals surface area contributed by atoms with E-state index in [4.69, 9.17) is 22.8 Å². The summed E-state index contributed by atoms with van der Waals surface area (Å²) in [7, 11) is -0.595. The Morgan fingerprint density at radius 2 is 1.87 bits per heavy atom. The van der Waals surface area contributed by atoms with E-state index >= 15 is 0 Å². The molecule has 1 rings (SSSR count). The van der Waals surface area contributed by atoms with Gasteiger partial charge in [-0.2, -0.15) is 4.57 Å². The molecule has 0 fully saturated rings. The van der Waals surface area contributed by atoms with Gasteiger partial charge in [-0.3, -0.25) is 9.59 Å². The minimum Gasteiger partial charge on any atom is -0.748 e. The number of carboxylic acid groups (broad SMARTS) is 1. The molecule has 11 nitrogen and oxygen atoms in total. The van der Waals surface area contributed by atoms with Crippen molar-refractivity contribution < 1.29 is 41.8 Å². The van der Waals surface area contributed by atoms with Crippen LogP contribution in [0.1, 0.15) is 37.0 Å². The molecule has 0 radical (unpaired) electrons. The van der Waals surface area contributed by atoms with Gasteiger partial charge in [-0.05, 0) is 24.3 Å². The summed E-state index contributed by atoms with van der Waals surface area (Å²) in [6.07, 6.45) is 3.97. The van der Waals surface area contributed by atoms with E-state index in [0.29, 0.717) is 24.2 Å². The lowest BCUT2D eigenvalue weighted by Gasteiger charge is -2.17. The van der Waals surface area contributed by atoms with Gasteiger partial charge >= 0.3 is 12.1 Å². The molecular formula is C19H31N3O8S. The molecule has 0 saturated carbocycles. The van der Waals surface area contributed by atoms with E-state index in [1.807, 2.05) is 13.8 Å². The van der Waals surface area contributed by atoms with E-state index in [1.54, 1.807) is 43.2 Å². The minimum absolute atomic E-state index is 0.00189. The maximum Gasteiger partial charge on any atom is 0.412 e. The number of hydrogen-bond donors (Lipinski definition) is 2. The lowest BCUT2D eigenvalue weighted by molar-refractivity contribution is -0.727. The summed E-state index contributed by atoms with van der Waals surface area (Å²) >= 11 is 0. The third-order valence-electron chi connectivity index (χ3n) is 3.66. The summed E-state index contributed by atoms with van der Waals surface area (Å²) in [5.74, 6) is -0.837. The molecule has 1 heterocycles. The number of ether oxygens (including phenoxy) is 1. The lowest BCUT2D eigenvalue weighted by Crippen LogP contribution is -2.40. The highest BCUT2D eigenvalue weighted by Gasteiger charge is 2.17. The summed E-state index contributed by atoms with van der Waals surface area (Å²) in [5, 5.41) is 11.6. The van der Waals surface area contributed by atoms with Crippen molar-refractivity contribution in [3.63, 3.8) is 0 Å². The molecule has 0 unspecified atom stereocenters. The Labute approximate surface area is 182 Å². The van der Waals surface area contributed by atoms with Gasteiger partial charge in [-0.25, -0.2) is 13.2 Å². The van der Waals surface area contributed by atoms with E-state index < -0.39 is 22.2 Å². The van der Waals surface area contributed by atoms with Crippen LogP contribution in [0.5, 0.6) is 0 Å². The average molecular weight is 462 g/mol. The number of pyridine rings is 1. The Morgan fingerprint density at radius 3 is 2.35 bits per heavy atom. The van der Waals surface area contributed by atoms with Gasteiger partial charge in [0.2, 0.25) is 0 Å². The number of aliphatic carboxylic acids is 1. The number of nitrogens with zero attached hydrogens (tertiary/aromatic N) is 2. The van der Waals surface area contributed by atoms with Crippen LogP contribution in [-0.4, -0.2) is 67.8 Å². The van der Waals surface area contributed by atoms with Crippen molar-refractivity contribution in [2.24, 2.45) is 11.8 Å². The second-order valence-electron chi connectivity index (χ2n) is 7.55. The van der Waals surface area contributed by atoms with Crippen molar-refractivity contribution in [1.29, 1.82) is 0 Å². The number of hydrogen-bond acceptors (Lipinski definition) is 7. The third-order valence-corrected chi connectivity index (χ3v) is 3.66. The topological polar surface area (TPSA) is 157 Å². The number of carbonyl (C=O) groups is 3. The molecule has 2 amide bonds. The smallest absolute Gasteiger partial charge is 0.412 e. The second-order valence-corrected chi connectivity index (χ2v) is 8.95. The van der Waals surface area contributed by atoms with Crippen LogP contribution in [-0.2, 0) is 26.4 Å². The fourth-order valence-electron chi connectivity index (χ4n) is 2.55. The summed E-state index contributed by atoms with van der Waals surface area (Å²) in [4.78, 5) is 36.1. The van der Waals surface area contributed by atoms with Crippen LogP contribution in [0, 0.1) is 11.8 Å². The predicted molar refractivity (Wildman–Crippen MR) is 110 cm³/mol. The fourth-order valence-corrected chi connectivity index (χ4v) is 2.55. The van der Waals surface area contributed by atoms with Crippen LogP contribution in [0.25, 0.3) is 0 Å². The lowest BCUT2D eigenvalue weighted by atomic mass is 9.94. The Bertz CT molecular complexity index is 832. The molecule has 0 bridgehead atoms. The number of aromatic nitrogens is 1. The Morgan fingerprint density at radius 1 is 1.29 bits per heavy atom. The Kier molecular flexibility index (Phi) is 12.4. The van der Waals surface area contributed by atoms with E-state index in [-0.39, 0.29) is 31.5 Å². The van der Waals surface area contributed by atoms with Gasteiger partial charge in [0.25, 0.3) is 12.6 Å². The molecule has 0 aliphatic rings. The summed E-state index contributed by atoms with van der Waals surface area (Å²) in [6, 6.07) is 3.38. The number of amides is 2. The summed E-state index contributed by atoms with van der Waals surface area (Å²) in [6.45, 7) is 4.21. The summed E-state index contributed by atoms with van der Waals surface area (Å²) in [5.41, 5.74) is 0.486. The molecule has 2 N–H and O–H groups in total. The SMILES string of the molecule is CC(C)C[C@H](CNC(=O)OC[n+]1cccc(C(=O)N(C)C)c1)CC(=O)O.CS(=O)(=O)[O-]. The monoisotopic (exact) mass is 461 g/mol.